The number of nitrogens with one attached hydrogen (secondary N) is 1. The van der Waals surface area contributed by atoms with Crippen LogP contribution in [0.4, 0.5) is 0 Å². The topological polar surface area (TPSA) is 71.3 Å². The summed E-state index contributed by atoms with van der Waals surface area (Å²) >= 11 is 3.20. The maximum absolute atomic E-state index is 13.0. The van der Waals surface area contributed by atoms with Crippen LogP contribution in [0.5, 0.6) is 0 Å². The average Bonchev–Trinajstić information content (AvgIpc) is 3.55. The first-order chi connectivity index (χ1) is 15.6. The highest BCUT2D eigenvalue weighted by Crippen LogP contribution is 2.27. The molecule has 0 aliphatic heterocycles. The second kappa shape index (κ2) is 10.7. The van der Waals surface area contributed by atoms with E-state index < -0.39 is 0 Å². The quantitative estimate of drug-likeness (QED) is 0.344. The predicted octanol–water partition coefficient (Wildman–Crippen LogP) is 5.29. The fraction of sp³-hybridized carbons (Fsp3) is 0.292. The molecule has 0 bridgehead atoms. The van der Waals surface area contributed by atoms with E-state index in [1.165, 1.54) is 5.56 Å². The van der Waals surface area contributed by atoms with Crippen molar-refractivity contribution in [3.63, 3.8) is 0 Å². The number of hydrogen-bond acceptors (Lipinski definition) is 7. The molecular weight excluding hydrogens is 440 g/mol. The van der Waals surface area contributed by atoms with Crippen LogP contribution in [0.2, 0.25) is 0 Å². The Bertz CT molecular complexity index is 1110. The number of carbonyl (C=O) groups excluding carboxylic acids is 1. The molecule has 1 atom stereocenters. The Labute approximate surface area is 195 Å². The molecule has 1 N–H and O–H groups in total. The highest BCUT2D eigenvalue weighted by atomic mass is 32.1. The Morgan fingerprint density at radius 2 is 1.88 bits per heavy atom. The molecule has 1 amide bonds. The van der Waals surface area contributed by atoms with E-state index in [1.807, 2.05) is 33.9 Å². The Morgan fingerprint density at radius 3 is 2.56 bits per heavy atom. The molecule has 0 aliphatic carbocycles. The summed E-state index contributed by atoms with van der Waals surface area (Å²) in [7, 11) is 0. The van der Waals surface area contributed by atoms with Gasteiger partial charge in [0.05, 0.1) is 24.0 Å². The van der Waals surface area contributed by atoms with Gasteiger partial charge in [-0.25, -0.2) is 0 Å². The summed E-state index contributed by atoms with van der Waals surface area (Å²) in [4.78, 5) is 17.1. The van der Waals surface area contributed by atoms with Crippen LogP contribution in [0.1, 0.15) is 41.3 Å². The number of nitrogens with zero attached hydrogens (tertiary/aromatic N) is 3. The summed E-state index contributed by atoms with van der Waals surface area (Å²) in [6.45, 7) is 5.62. The van der Waals surface area contributed by atoms with E-state index >= 15 is 0 Å². The maximum atomic E-state index is 13.0. The Morgan fingerprint density at radius 1 is 1.09 bits per heavy atom. The van der Waals surface area contributed by atoms with Crippen LogP contribution in [-0.2, 0) is 11.3 Å². The first-order valence-corrected chi connectivity index (χ1v) is 12.4. The molecular formula is C24H26N4O2S2. The second-order valence-electron chi connectivity index (χ2n) is 7.62. The number of aryl methyl sites for hydroxylation is 1. The molecule has 0 radical (unpaired) electrons. The van der Waals surface area contributed by atoms with Crippen LogP contribution in [0.25, 0.3) is 10.8 Å². The van der Waals surface area contributed by atoms with Gasteiger partial charge in [0.15, 0.2) is 0 Å². The third kappa shape index (κ3) is 5.70. The molecule has 3 heterocycles. The molecule has 166 valence electrons. The molecule has 4 rings (SSSR count). The van der Waals surface area contributed by atoms with E-state index in [2.05, 4.69) is 59.7 Å². The zero-order chi connectivity index (χ0) is 22.3. The largest absolute Gasteiger partial charge is 0.419 e. The molecule has 6 nitrogen and oxygen atoms in total. The van der Waals surface area contributed by atoms with Crippen molar-refractivity contribution in [3.05, 3.63) is 81.2 Å². The van der Waals surface area contributed by atoms with E-state index in [4.69, 9.17) is 4.42 Å². The molecule has 0 saturated carbocycles. The van der Waals surface area contributed by atoms with Crippen LogP contribution >= 0.6 is 22.7 Å². The van der Waals surface area contributed by atoms with Gasteiger partial charge in [-0.1, -0.05) is 48.9 Å². The highest BCUT2D eigenvalue weighted by molar-refractivity contribution is 7.13. The number of thiophene rings is 2. The van der Waals surface area contributed by atoms with Crippen molar-refractivity contribution in [3.8, 4) is 10.8 Å². The zero-order valence-electron chi connectivity index (χ0n) is 18.2. The van der Waals surface area contributed by atoms with Gasteiger partial charge < -0.3 is 9.73 Å². The summed E-state index contributed by atoms with van der Waals surface area (Å²) in [5.74, 6) is 1.01. The summed E-state index contributed by atoms with van der Waals surface area (Å²) in [5, 5.41) is 15.6. The monoisotopic (exact) mass is 466 g/mol. The number of aromatic nitrogens is 2. The number of amides is 1. The minimum atomic E-state index is -0.166. The van der Waals surface area contributed by atoms with Gasteiger partial charge in [-0.2, -0.15) is 0 Å². The minimum Gasteiger partial charge on any atom is -0.419 e. The third-order valence-corrected chi connectivity index (χ3v) is 6.80. The number of carbonyl (C=O) groups is 1. The molecule has 3 aromatic heterocycles. The van der Waals surface area contributed by atoms with Crippen LogP contribution < -0.4 is 5.32 Å². The molecule has 1 unspecified atom stereocenters. The fourth-order valence-corrected chi connectivity index (χ4v) is 4.93. The van der Waals surface area contributed by atoms with Crippen LogP contribution in [0, 0.1) is 6.92 Å². The van der Waals surface area contributed by atoms with E-state index in [1.54, 1.807) is 22.7 Å². The first-order valence-electron chi connectivity index (χ1n) is 10.6. The van der Waals surface area contributed by atoms with Crippen LogP contribution in [-0.4, -0.2) is 34.1 Å². The SMILES string of the molecule is CCCN(CC(=O)NC(c1ccc(C)cc1)c1cccs1)Cc1nnc(-c2cccs2)o1. The van der Waals surface area contributed by atoms with Crippen molar-refractivity contribution >= 4 is 28.6 Å². The average molecular weight is 467 g/mol. The molecule has 0 spiro atoms. The lowest BCUT2D eigenvalue weighted by Gasteiger charge is -2.23. The summed E-state index contributed by atoms with van der Waals surface area (Å²) in [6.07, 6.45) is 0.922. The van der Waals surface area contributed by atoms with Crippen molar-refractivity contribution in [1.29, 1.82) is 0 Å². The van der Waals surface area contributed by atoms with Crippen molar-refractivity contribution in [1.82, 2.24) is 20.4 Å². The lowest BCUT2D eigenvalue weighted by Crippen LogP contribution is -2.39. The summed E-state index contributed by atoms with van der Waals surface area (Å²) in [6, 6.07) is 16.1. The smallest absolute Gasteiger partial charge is 0.257 e. The van der Waals surface area contributed by atoms with E-state index in [0.717, 1.165) is 28.3 Å². The number of benzene rings is 1. The zero-order valence-corrected chi connectivity index (χ0v) is 19.8. The van der Waals surface area contributed by atoms with Gasteiger partial charge in [-0.05, 0) is 48.3 Å². The molecule has 0 saturated heterocycles. The summed E-state index contributed by atoms with van der Waals surface area (Å²) in [5.41, 5.74) is 2.27. The van der Waals surface area contributed by atoms with Gasteiger partial charge in [-0.3, -0.25) is 9.69 Å². The van der Waals surface area contributed by atoms with Gasteiger partial charge in [0, 0.05) is 4.88 Å². The van der Waals surface area contributed by atoms with Crippen LogP contribution in [0.3, 0.4) is 0 Å². The molecule has 8 heteroatoms. The Hall–Kier alpha value is -2.81. The fourth-order valence-electron chi connectivity index (χ4n) is 3.48. The van der Waals surface area contributed by atoms with Gasteiger partial charge >= 0.3 is 0 Å². The first kappa shape index (κ1) is 22.4. The van der Waals surface area contributed by atoms with Crippen molar-refractivity contribution < 1.29 is 9.21 Å². The molecule has 0 fully saturated rings. The van der Waals surface area contributed by atoms with Crippen molar-refractivity contribution in [2.75, 3.05) is 13.1 Å². The molecule has 4 aromatic rings. The van der Waals surface area contributed by atoms with Gasteiger partial charge in [0.25, 0.3) is 5.89 Å². The lowest BCUT2D eigenvalue weighted by molar-refractivity contribution is -0.122. The highest BCUT2D eigenvalue weighted by Gasteiger charge is 2.21. The van der Waals surface area contributed by atoms with Crippen molar-refractivity contribution in [2.24, 2.45) is 0 Å². The van der Waals surface area contributed by atoms with E-state index in [0.29, 0.717) is 18.3 Å². The Balaban J connectivity index is 1.44. The number of rotatable bonds is 10. The predicted molar refractivity (Wildman–Crippen MR) is 129 cm³/mol. The second-order valence-corrected chi connectivity index (χ2v) is 9.54. The summed E-state index contributed by atoms with van der Waals surface area (Å²) < 4.78 is 5.82. The molecule has 0 aliphatic rings. The Kier molecular flexibility index (Phi) is 7.47. The third-order valence-electron chi connectivity index (χ3n) is 5.01. The van der Waals surface area contributed by atoms with E-state index in [-0.39, 0.29) is 18.5 Å². The minimum absolute atomic E-state index is 0.0320. The van der Waals surface area contributed by atoms with Gasteiger partial charge in [0.2, 0.25) is 11.8 Å². The molecule has 32 heavy (non-hydrogen) atoms. The van der Waals surface area contributed by atoms with Gasteiger partial charge in [0.1, 0.15) is 0 Å². The number of hydrogen-bond donors (Lipinski definition) is 1. The molecule has 1 aromatic carbocycles. The standard InChI is InChI=1S/C24H26N4O2S2/c1-3-12-28(16-22-26-27-24(30-22)20-7-5-14-32-20)15-21(29)25-23(19-6-4-13-31-19)18-10-8-17(2)9-11-18/h4-11,13-14,23H,3,12,15-16H2,1-2H3,(H,25,29). The van der Waals surface area contributed by atoms with Crippen LogP contribution in [0.15, 0.2) is 63.7 Å². The normalized spacial score (nSPS) is 12.2. The van der Waals surface area contributed by atoms with Crippen molar-refractivity contribution in [2.45, 2.75) is 32.9 Å². The maximum Gasteiger partial charge on any atom is 0.257 e. The van der Waals surface area contributed by atoms with E-state index in [9.17, 15) is 4.79 Å². The lowest BCUT2D eigenvalue weighted by atomic mass is 10.0. The van der Waals surface area contributed by atoms with Gasteiger partial charge in [-0.15, -0.1) is 32.9 Å².